The van der Waals surface area contributed by atoms with Crippen molar-refractivity contribution in [3.8, 4) is 35.5 Å². The van der Waals surface area contributed by atoms with E-state index in [1.807, 2.05) is 41.5 Å². The fourth-order valence-corrected chi connectivity index (χ4v) is 4.90. The second kappa shape index (κ2) is 8.57. The van der Waals surface area contributed by atoms with E-state index in [9.17, 15) is 0 Å². The summed E-state index contributed by atoms with van der Waals surface area (Å²) in [4.78, 5) is 0. The molecule has 0 spiro atoms. The van der Waals surface area contributed by atoms with Gasteiger partial charge in [0.1, 0.15) is 16.8 Å². The highest BCUT2D eigenvalue weighted by Gasteiger charge is 2.50. The minimum Gasteiger partial charge on any atom is -0.354 e. The number of rotatable bonds is 7. The molecule has 0 heterocycles. The highest BCUT2D eigenvalue weighted by molar-refractivity contribution is 6.66. The molecule has 0 saturated heterocycles. The van der Waals surface area contributed by atoms with Crippen molar-refractivity contribution < 1.29 is 13.3 Å². The summed E-state index contributed by atoms with van der Waals surface area (Å²) >= 11 is 0. The van der Waals surface area contributed by atoms with Crippen LogP contribution in [0.15, 0.2) is 12.3 Å². The Morgan fingerprint density at radius 1 is 0.667 bits per heavy atom. The topological polar surface area (TPSA) is 27.7 Å². The van der Waals surface area contributed by atoms with Crippen LogP contribution in [0.25, 0.3) is 0 Å². The van der Waals surface area contributed by atoms with Crippen molar-refractivity contribution in [3.05, 3.63) is 12.3 Å². The van der Waals surface area contributed by atoms with Crippen LogP contribution in [0.5, 0.6) is 0 Å². The van der Waals surface area contributed by atoms with Crippen LogP contribution in [-0.4, -0.2) is 25.6 Å². The highest BCUT2D eigenvalue weighted by atomic mass is 28.4. The second-order valence-electron chi connectivity index (χ2n) is 6.77. The van der Waals surface area contributed by atoms with Crippen LogP contribution >= 0.6 is 0 Å². The van der Waals surface area contributed by atoms with E-state index in [1.54, 1.807) is 26.5 Å². The van der Waals surface area contributed by atoms with E-state index in [4.69, 9.17) is 13.3 Å². The van der Waals surface area contributed by atoms with Crippen LogP contribution in [0.4, 0.5) is 0 Å². The SMILES string of the molecule is C=C[Si](OC(C)(C)C#CC)(OC(C)(C)C#CC)OC(C)(C)C#CC. The number of hydrogen-bond donors (Lipinski definition) is 0. The molecular weight excluding hydrogens is 316 g/mol. The average molecular weight is 347 g/mol. The standard InChI is InChI=1S/C20H30O3Si/c1-11-15-18(5,6)21-24(14-4,22-19(7,8)16-12-2)23-20(9,10)17-13-3/h14H,4H2,1-3,5-10H3. The maximum Gasteiger partial charge on any atom is 0.532 e. The molecule has 0 aromatic heterocycles. The predicted octanol–water partition coefficient (Wildman–Crippen LogP) is 4.11. The van der Waals surface area contributed by atoms with Gasteiger partial charge >= 0.3 is 8.80 Å². The van der Waals surface area contributed by atoms with Crippen LogP contribution in [-0.2, 0) is 13.3 Å². The molecule has 0 aromatic rings. The quantitative estimate of drug-likeness (QED) is 0.513. The van der Waals surface area contributed by atoms with Gasteiger partial charge < -0.3 is 13.3 Å². The van der Waals surface area contributed by atoms with Gasteiger partial charge in [-0.1, -0.05) is 24.3 Å². The van der Waals surface area contributed by atoms with Gasteiger partial charge in [-0.15, -0.1) is 17.8 Å². The van der Waals surface area contributed by atoms with E-state index in [1.165, 1.54) is 0 Å². The Balaban J connectivity index is 5.98. The Hall–Kier alpha value is -1.48. The summed E-state index contributed by atoms with van der Waals surface area (Å²) < 4.78 is 18.7. The van der Waals surface area contributed by atoms with Crippen molar-refractivity contribution in [2.75, 3.05) is 0 Å². The summed E-state index contributed by atoms with van der Waals surface area (Å²) in [6, 6.07) is 0. The Bertz CT molecular complexity index is 541. The van der Waals surface area contributed by atoms with Crippen LogP contribution in [0.3, 0.4) is 0 Å². The molecule has 0 saturated carbocycles. The first kappa shape index (κ1) is 22.5. The van der Waals surface area contributed by atoms with Crippen molar-refractivity contribution in [2.24, 2.45) is 0 Å². The minimum absolute atomic E-state index is 0.749. The molecule has 0 aliphatic carbocycles. The Morgan fingerprint density at radius 3 is 1.08 bits per heavy atom. The molecule has 0 rings (SSSR count). The maximum absolute atomic E-state index is 6.25. The normalized spacial score (nSPS) is 12.0. The first-order valence-electron chi connectivity index (χ1n) is 7.92. The lowest BCUT2D eigenvalue weighted by molar-refractivity contribution is -0.0380. The van der Waals surface area contributed by atoms with Gasteiger partial charge in [-0.05, 0) is 68.0 Å². The van der Waals surface area contributed by atoms with Crippen LogP contribution in [0.2, 0.25) is 0 Å². The summed E-state index contributed by atoms with van der Waals surface area (Å²) in [5, 5.41) is 0. The van der Waals surface area contributed by atoms with E-state index < -0.39 is 25.6 Å². The minimum atomic E-state index is -3.33. The summed E-state index contributed by atoms with van der Waals surface area (Å²) in [5.41, 5.74) is -0.633. The van der Waals surface area contributed by atoms with Crippen LogP contribution < -0.4 is 0 Å². The number of hydrogen-bond acceptors (Lipinski definition) is 3. The van der Waals surface area contributed by atoms with Gasteiger partial charge in [-0.25, -0.2) is 0 Å². The van der Waals surface area contributed by atoms with Gasteiger partial charge in [0.05, 0.1) is 0 Å². The molecule has 0 radical (unpaired) electrons. The fourth-order valence-electron chi connectivity index (χ4n) is 2.23. The molecule has 0 aromatic carbocycles. The van der Waals surface area contributed by atoms with Gasteiger partial charge in [0.2, 0.25) is 0 Å². The lowest BCUT2D eigenvalue weighted by atomic mass is 10.1. The first-order chi connectivity index (χ1) is 10.9. The zero-order valence-electron chi connectivity index (χ0n) is 16.5. The lowest BCUT2D eigenvalue weighted by Crippen LogP contribution is -2.57. The zero-order chi connectivity index (χ0) is 19.1. The van der Waals surface area contributed by atoms with E-state index in [-0.39, 0.29) is 0 Å². The van der Waals surface area contributed by atoms with Gasteiger partial charge in [0.15, 0.2) is 0 Å². The van der Waals surface area contributed by atoms with Crippen molar-refractivity contribution in [1.29, 1.82) is 0 Å². The van der Waals surface area contributed by atoms with Gasteiger partial charge in [0.25, 0.3) is 0 Å². The average Bonchev–Trinajstić information content (AvgIpc) is 2.35. The Labute approximate surface area is 149 Å². The smallest absolute Gasteiger partial charge is 0.354 e. The summed E-state index contributed by atoms with van der Waals surface area (Å²) in [7, 11) is -3.33. The molecule has 0 aliphatic rings. The van der Waals surface area contributed by atoms with Crippen molar-refractivity contribution in [1.82, 2.24) is 0 Å². The third-order valence-electron chi connectivity index (χ3n) is 2.72. The molecule has 0 N–H and O–H groups in total. The van der Waals surface area contributed by atoms with E-state index in [0.29, 0.717) is 0 Å². The summed E-state index contributed by atoms with van der Waals surface area (Å²) in [6.45, 7) is 20.4. The maximum atomic E-state index is 6.25. The molecule has 4 heteroatoms. The molecule has 0 aliphatic heterocycles. The molecule has 0 amide bonds. The zero-order valence-corrected chi connectivity index (χ0v) is 17.5. The molecule has 0 unspecified atom stereocenters. The third-order valence-corrected chi connectivity index (χ3v) is 5.60. The molecule has 0 fully saturated rings. The molecular formula is C20H30O3Si. The van der Waals surface area contributed by atoms with Crippen LogP contribution in [0, 0.1) is 35.5 Å². The summed E-state index contributed by atoms with van der Waals surface area (Å²) in [5.74, 6) is 17.7. The van der Waals surface area contributed by atoms with Crippen LogP contribution in [0.1, 0.15) is 62.3 Å². The molecule has 3 nitrogen and oxygen atoms in total. The molecule has 0 atom stereocenters. The third kappa shape index (κ3) is 7.87. The van der Waals surface area contributed by atoms with E-state index in [2.05, 4.69) is 42.1 Å². The summed E-state index contributed by atoms with van der Waals surface area (Å²) in [6.07, 6.45) is 0. The van der Waals surface area contributed by atoms with Crippen molar-refractivity contribution in [3.63, 3.8) is 0 Å². The lowest BCUT2D eigenvalue weighted by Gasteiger charge is -2.40. The van der Waals surface area contributed by atoms with Gasteiger partial charge in [-0.3, -0.25) is 0 Å². The Kier molecular flexibility index (Phi) is 8.04. The van der Waals surface area contributed by atoms with Crippen molar-refractivity contribution >= 4 is 8.80 Å². The van der Waals surface area contributed by atoms with Crippen molar-refractivity contribution in [2.45, 2.75) is 79.1 Å². The monoisotopic (exact) mass is 346 g/mol. The fraction of sp³-hybridized carbons (Fsp3) is 0.600. The highest BCUT2D eigenvalue weighted by Crippen LogP contribution is 2.29. The largest absolute Gasteiger partial charge is 0.532 e. The Morgan fingerprint density at radius 2 is 0.917 bits per heavy atom. The molecule has 0 bridgehead atoms. The first-order valence-corrected chi connectivity index (χ1v) is 9.72. The predicted molar refractivity (Wildman–Crippen MR) is 102 cm³/mol. The molecule has 24 heavy (non-hydrogen) atoms. The van der Waals surface area contributed by atoms with Gasteiger partial charge in [-0.2, -0.15) is 0 Å². The van der Waals surface area contributed by atoms with Gasteiger partial charge in [0, 0.05) is 0 Å². The second-order valence-corrected chi connectivity index (χ2v) is 9.00. The van der Waals surface area contributed by atoms with E-state index in [0.717, 1.165) is 0 Å². The molecule has 132 valence electrons. The van der Waals surface area contributed by atoms with E-state index >= 15 is 0 Å².